The van der Waals surface area contributed by atoms with Crippen LogP contribution in [0.1, 0.15) is 31.7 Å². The number of carbonyl (C=O) groups is 1. The number of amides is 1. The van der Waals surface area contributed by atoms with Gasteiger partial charge in [-0.05, 0) is 17.9 Å². The normalized spacial score (nSPS) is 24.1. The summed E-state index contributed by atoms with van der Waals surface area (Å²) in [7, 11) is 0. The van der Waals surface area contributed by atoms with Gasteiger partial charge in [-0.2, -0.15) is 0 Å². The highest BCUT2D eigenvalue weighted by Crippen LogP contribution is 2.26. The fraction of sp³-hybridized carbons (Fsp3) is 0.562. The van der Waals surface area contributed by atoms with E-state index in [-0.39, 0.29) is 17.9 Å². The van der Waals surface area contributed by atoms with Crippen LogP contribution in [0.25, 0.3) is 0 Å². The van der Waals surface area contributed by atoms with Gasteiger partial charge < -0.3 is 16.4 Å². The Bertz CT molecular complexity index is 446. The van der Waals surface area contributed by atoms with Crippen LogP contribution in [-0.4, -0.2) is 36.0 Å². The molecule has 3 atom stereocenters. The van der Waals surface area contributed by atoms with Gasteiger partial charge in [-0.15, -0.1) is 0 Å². The van der Waals surface area contributed by atoms with Gasteiger partial charge in [0, 0.05) is 25.0 Å². The molecular weight excluding hydrogens is 250 g/mol. The van der Waals surface area contributed by atoms with E-state index in [0.29, 0.717) is 19.0 Å². The smallest absolute Gasteiger partial charge is 0.239 e. The van der Waals surface area contributed by atoms with Gasteiger partial charge >= 0.3 is 0 Å². The van der Waals surface area contributed by atoms with Crippen molar-refractivity contribution >= 4 is 5.91 Å². The summed E-state index contributed by atoms with van der Waals surface area (Å²) in [6, 6.07) is 9.75. The highest BCUT2D eigenvalue weighted by Gasteiger charge is 2.35. The molecule has 0 aliphatic carbocycles. The van der Waals surface area contributed by atoms with Gasteiger partial charge in [0.05, 0.1) is 6.04 Å². The molecule has 1 fully saturated rings. The third kappa shape index (κ3) is 3.38. The maximum atomic E-state index is 12.3. The molecule has 4 nitrogen and oxygen atoms in total. The monoisotopic (exact) mass is 275 g/mol. The van der Waals surface area contributed by atoms with Crippen molar-refractivity contribution in [1.29, 1.82) is 0 Å². The second-order valence-corrected chi connectivity index (χ2v) is 6.16. The Morgan fingerprint density at radius 1 is 1.30 bits per heavy atom. The van der Waals surface area contributed by atoms with E-state index in [1.807, 2.05) is 23.1 Å². The second kappa shape index (κ2) is 6.37. The number of carbonyl (C=O) groups excluding carboxylic acids is 1. The van der Waals surface area contributed by atoms with Crippen molar-refractivity contribution in [3.8, 4) is 0 Å². The van der Waals surface area contributed by atoms with E-state index in [2.05, 4.69) is 26.0 Å². The summed E-state index contributed by atoms with van der Waals surface area (Å²) in [6.07, 6.45) is 0.723. The van der Waals surface area contributed by atoms with Gasteiger partial charge in [-0.3, -0.25) is 4.79 Å². The van der Waals surface area contributed by atoms with E-state index in [4.69, 9.17) is 11.5 Å². The Balaban J connectivity index is 2.02. The van der Waals surface area contributed by atoms with Gasteiger partial charge in [0.15, 0.2) is 0 Å². The average molecular weight is 275 g/mol. The van der Waals surface area contributed by atoms with Crippen LogP contribution < -0.4 is 11.5 Å². The third-order valence-corrected chi connectivity index (χ3v) is 3.95. The van der Waals surface area contributed by atoms with Crippen molar-refractivity contribution in [3.05, 3.63) is 35.9 Å². The van der Waals surface area contributed by atoms with E-state index in [1.165, 1.54) is 5.56 Å². The average Bonchev–Trinajstić information content (AvgIpc) is 2.80. The molecule has 110 valence electrons. The van der Waals surface area contributed by atoms with E-state index in [9.17, 15) is 4.79 Å². The number of hydrogen-bond donors (Lipinski definition) is 2. The lowest BCUT2D eigenvalue weighted by molar-refractivity contribution is -0.132. The van der Waals surface area contributed by atoms with Crippen LogP contribution in [-0.2, 0) is 4.79 Å². The summed E-state index contributed by atoms with van der Waals surface area (Å²) in [6.45, 7) is 5.44. The largest absolute Gasteiger partial charge is 0.339 e. The predicted molar refractivity (Wildman–Crippen MR) is 81.2 cm³/mol. The Morgan fingerprint density at radius 2 is 1.95 bits per heavy atom. The fourth-order valence-corrected chi connectivity index (χ4v) is 2.91. The molecule has 1 heterocycles. The van der Waals surface area contributed by atoms with E-state index in [1.54, 1.807) is 0 Å². The lowest BCUT2D eigenvalue weighted by Crippen LogP contribution is -2.44. The third-order valence-electron chi connectivity index (χ3n) is 3.95. The standard InChI is InChI=1S/C16H25N3O/c1-11(2)8-14(17)16(20)19-9-13(15(18)10-19)12-6-4-3-5-7-12/h3-7,11,13-15H,8-10,17-18H2,1-2H3/t13-,14-,15+/m0/s1. The van der Waals surface area contributed by atoms with Crippen LogP contribution in [0, 0.1) is 5.92 Å². The molecule has 1 amide bonds. The van der Waals surface area contributed by atoms with Crippen LogP contribution >= 0.6 is 0 Å². The summed E-state index contributed by atoms with van der Waals surface area (Å²) in [5.41, 5.74) is 13.4. The van der Waals surface area contributed by atoms with Crippen LogP contribution in [0.4, 0.5) is 0 Å². The molecule has 20 heavy (non-hydrogen) atoms. The minimum atomic E-state index is -0.406. The molecule has 0 radical (unpaired) electrons. The Labute approximate surface area is 121 Å². The highest BCUT2D eigenvalue weighted by atomic mass is 16.2. The topological polar surface area (TPSA) is 72.4 Å². The van der Waals surface area contributed by atoms with E-state index < -0.39 is 6.04 Å². The molecule has 0 aromatic heterocycles. The fourth-order valence-electron chi connectivity index (χ4n) is 2.91. The van der Waals surface area contributed by atoms with Crippen molar-refractivity contribution in [2.24, 2.45) is 17.4 Å². The molecule has 0 spiro atoms. The zero-order chi connectivity index (χ0) is 14.7. The number of benzene rings is 1. The highest BCUT2D eigenvalue weighted by molar-refractivity contribution is 5.82. The quantitative estimate of drug-likeness (QED) is 0.870. The number of hydrogen-bond acceptors (Lipinski definition) is 3. The molecule has 0 saturated carbocycles. The SMILES string of the molecule is CC(C)C[C@H](N)C(=O)N1C[C@@H](N)[C@H](c2ccccc2)C1. The van der Waals surface area contributed by atoms with Crippen molar-refractivity contribution in [3.63, 3.8) is 0 Å². The van der Waals surface area contributed by atoms with Gasteiger partial charge in [0.1, 0.15) is 0 Å². The molecule has 1 saturated heterocycles. The zero-order valence-electron chi connectivity index (χ0n) is 12.3. The summed E-state index contributed by atoms with van der Waals surface area (Å²) in [5, 5.41) is 0. The van der Waals surface area contributed by atoms with E-state index >= 15 is 0 Å². The van der Waals surface area contributed by atoms with Gasteiger partial charge in [-0.25, -0.2) is 0 Å². The van der Waals surface area contributed by atoms with Gasteiger partial charge in [0.2, 0.25) is 5.91 Å². The lowest BCUT2D eigenvalue weighted by Gasteiger charge is -2.22. The minimum absolute atomic E-state index is 0.00685. The number of nitrogens with two attached hydrogens (primary N) is 2. The summed E-state index contributed by atoms with van der Waals surface area (Å²) in [5.74, 6) is 0.675. The summed E-state index contributed by atoms with van der Waals surface area (Å²) in [4.78, 5) is 14.2. The Hall–Kier alpha value is -1.39. The molecule has 4 N–H and O–H groups in total. The molecule has 2 rings (SSSR count). The van der Waals surface area contributed by atoms with Crippen LogP contribution in [0.2, 0.25) is 0 Å². The Morgan fingerprint density at radius 3 is 2.55 bits per heavy atom. The molecule has 0 unspecified atom stereocenters. The minimum Gasteiger partial charge on any atom is -0.339 e. The van der Waals surface area contributed by atoms with Crippen molar-refractivity contribution in [1.82, 2.24) is 4.90 Å². The molecule has 4 heteroatoms. The molecule has 1 aliphatic rings. The Kier molecular flexibility index (Phi) is 4.78. The molecule has 1 aliphatic heterocycles. The van der Waals surface area contributed by atoms with Crippen molar-refractivity contribution in [2.75, 3.05) is 13.1 Å². The maximum Gasteiger partial charge on any atom is 0.239 e. The van der Waals surface area contributed by atoms with Crippen molar-refractivity contribution < 1.29 is 4.79 Å². The van der Waals surface area contributed by atoms with Crippen LogP contribution in [0.5, 0.6) is 0 Å². The summed E-state index contributed by atoms with van der Waals surface area (Å²) < 4.78 is 0. The predicted octanol–water partition coefficient (Wildman–Crippen LogP) is 1.31. The first-order valence-electron chi connectivity index (χ1n) is 7.34. The van der Waals surface area contributed by atoms with E-state index in [0.717, 1.165) is 6.42 Å². The molecule has 0 bridgehead atoms. The zero-order valence-corrected chi connectivity index (χ0v) is 12.3. The van der Waals surface area contributed by atoms with Gasteiger partial charge in [-0.1, -0.05) is 44.2 Å². The first-order chi connectivity index (χ1) is 9.49. The molecular formula is C16H25N3O. The number of rotatable bonds is 4. The van der Waals surface area contributed by atoms with Crippen LogP contribution in [0.3, 0.4) is 0 Å². The van der Waals surface area contributed by atoms with Crippen molar-refractivity contribution in [2.45, 2.75) is 38.3 Å². The van der Waals surface area contributed by atoms with Gasteiger partial charge in [0.25, 0.3) is 0 Å². The van der Waals surface area contributed by atoms with Crippen LogP contribution in [0.15, 0.2) is 30.3 Å². The molecule has 1 aromatic rings. The first-order valence-corrected chi connectivity index (χ1v) is 7.34. The lowest BCUT2D eigenvalue weighted by atomic mass is 9.95. The first kappa shape index (κ1) is 15.0. The molecule has 1 aromatic carbocycles. The second-order valence-electron chi connectivity index (χ2n) is 6.16. The maximum absolute atomic E-state index is 12.3. The summed E-state index contributed by atoms with van der Waals surface area (Å²) >= 11 is 0. The number of nitrogens with zero attached hydrogens (tertiary/aromatic N) is 1. The number of likely N-dealkylation sites (tertiary alicyclic amines) is 1.